The normalized spacial score (nSPS) is 28.8. The van der Waals surface area contributed by atoms with Gasteiger partial charge in [-0.05, 0) is 13.8 Å². The summed E-state index contributed by atoms with van der Waals surface area (Å²) in [6, 6.07) is 0. The zero-order valence-corrected chi connectivity index (χ0v) is 15.6. The number of aliphatic carboxylic acids is 1. The Labute approximate surface area is 153 Å². The molecule has 25 heavy (non-hydrogen) atoms. The summed E-state index contributed by atoms with van der Waals surface area (Å²) in [5.41, 5.74) is 1.27. The largest absolute Gasteiger partial charge is 0.477 e. The second-order valence-electron chi connectivity index (χ2n) is 6.51. The highest BCUT2D eigenvalue weighted by Crippen LogP contribution is 2.57. The van der Waals surface area contributed by atoms with Crippen LogP contribution < -0.4 is 4.57 Å². The van der Waals surface area contributed by atoms with E-state index in [0.717, 1.165) is 19.5 Å². The lowest BCUT2D eigenvalue weighted by atomic mass is 9.92. The van der Waals surface area contributed by atoms with Crippen molar-refractivity contribution < 1.29 is 24.4 Å². The van der Waals surface area contributed by atoms with Crippen molar-refractivity contribution in [1.82, 2.24) is 9.47 Å². The summed E-state index contributed by atoms with van der Waals surface area (Å²) in [5, 5.41) is 19.3. The summed E-state index contributed by atoms with van der Waals surface area (Å²) in [6.07, 6.45) is 4.38. The van der Waals surface area contributed by atoms with Crippen LogP contribution in [0, 0.1) is 5.92 Å². The van der Waals surface area contributed by atoms with Crippen LogP contribution in [-0.2, 0) is 22.7 Å². The minimum atomic E-state index is -1.08. The Morgan fingerprint density at radius 3 is 2.96 bits per heavy atom. The van der Waals surface area contributed by atoms with Gasteiger partial charge in [-0.15, -0.1) is 11.8 Å². The molecule has 2 N–H and O–H groups in total. The molecule has 0 spiro atoms. The number of carbonyl (C=O) groups is 2. The number of carbonyl (C=O) groups excluding carboxylic acids is 1. The molecule has 4 heterocycles. The second kappa shape index (κ2) is 6.07. The van der Waals surface area contributed by atoms with Crippen LogP contribution in [0.25, 0.3) is 0 Å². The van der Waals surface area contributed by atoms with E-state index in [2.05, 4.69) is 28.6 Å². The number of carboxylic acid groups (broad SMARTS) is 1. The van der Waals surface area contributed by atoms with Gasteiger partial charge in [-0.1, -0.05) is 11.8 Å². The number of nitrogens with zero attached hydrogens (tertiary/aromatic N) is 3. The Kier molecular flexibility index (Phi) is 4.12. The van der Waals surface area contributed by atoms with Crippen LogP contribution in [0.5, 0.6) is 0 Å². The van der Waals surface area contributed by atoms with Crippen LogP contribution in [-0.4, -0.2) is 43.0 Å². The number of imidazole rings is 1. The fourth-order valence-electron chi connectivity index (χ4n) is 3.64. The topological polar surface area (TPSA) is 86.7 Å². The van der Waals surface area contributed by atoms with Crippen molar-refractivity contribution in [1.29, 1.82) is 0 Å². The van der Waals surface area contributed by atoms with Crippen molar-refractivity contribution in [2.24, 2.45) is 5.92 Å². The van der Waals surface area contributed by atoms with Gasteiger partial charge in [0.05, 0.1) is 34.6 Å². The molecule has 4 atom stereocenters. The first kappa shape index (κ1) is 17.0. The molecule has 0 aliphatic carbocycles. The summed E-state index contributed by atoms with van der Waals surface area (Å²) < 4.78 is 5.01. The van der Waals surface area contributed by atoms with Crippen LogP contribution in [0.2, 0.25) is 0 Å². The van der Waals surface area contributed by atoms with Crippen molar-refractivity contribution in [3.63, 3.8) is 0 Å². The molecule has 2 unspecified atom stereocenters. The predicted molar refractivity (Wildman–Crippen MR) is 93.3 cm³/mol. The number of rotatable bonds is 5. The summed E-state index contributed by atoms with van der Waals surface area (Å²) in [5.74, 6) is -1.89. The van der Waals surface area contributed by atoms with Gasteiger partial charge in [-0.3, -0.25) is 9.69 Å². The van der Waals surface area contributed by atoms with E-state index in [1.165, 1.54) is 34.1 Å². The zero-order chi connectivity index (χ0) is 17.9. The number of amides is 1. The Morgan fingerprint density at radius 1 is 1.56 bits per heavy atom. The number of aromatic nitrogens is 2. The summed E-state index contributed by atoms with van der Waals surface area (Å²) in [6.45, 7) is 5.49. The molecule has 1 saturated heterocycles. The maximum absolute atomic E-state index is 12.3. The quantitative estimate of drug-likeness (QED) is 0.587. The highest BCUT2D eigenvalue weighted by atomic mass is 32.2. The number of aliphatic hydroxyl groups is 1. The number of carboxylic acids is 1. The smallest absolute Gasteiger partial charge is 0.354 e. The minimum absolute atomic E-state index is 0.0790. The van der Waals surface area contributed by atoms with Gasteiger partial charge in [0.1, 0.15) is 11.6 Å². The zero-order valence-electron chi connectivity index (χ0n) is 14.0. The van der Waals surface area contributed by atoms with Gasteiger partial charge in [0.2, 0.25) is 12.2 Å². The molecule has 9 heteroatoms. The first-order chi connectivity index (χ1) is 11.9. The van der Waals surface area contributed by atoms with Gasteiger partial charge in [0, 0.05) is 6.42 Å². The van der Waals surface area contributed by atoms with E-state index in [9.17, 15) is 19.8 Å². The number of aliphatic hydroxyl groups excluding tert-OH is 1. The average Bonchev–Trinajstić information content (AvgIpc) is 3.19. The molecule has 0 saturated carbocycles. The maximum atomic E-state index is 12.3. The number of β-lactam (4-membered cyclic amide) rings is 1. The molecule has 1 fully saturated rings. The third-order valence-electron chi connectivity index (χ3n) is 4.96. The molecule has 134 valence electrons. The van der Waals surface area contributed by atoms with Crippen molar-refractivity contribution in [3.8, 4) is 0 Å². The molecule has 7 nitrogen and oxygen atoms in total. The summed E-state index contributed by atoms with van der Waals surface area (Å²) in [7, 11) is 0. The highest BCUT2D eigenvalue weighted by molar-refractivity contribution is 8.22. The molecule has 1 amide bonds. The van der Waals surface area contributed by atoms with Crippen LogP contribution in [0.1, 0.15) is 31.2 Å². The summed E-state index contributed by atoms with van der Waals surface area (Å²) in [4.78, 5) is 25.3. The first-order valence-corrected chi connectivity index (χ1v) is 10.1. The van der Waals surface area contributed by atoms with Gasteiger partial charge in [-0.2, -0.15) is 0 Å². The Balaban J connectivity index is 1.60. The molecular weight excluding hydrogens is 362 g/mol. The highest BCUT2D eigenvalue weighted by Gasteiger charge is 2.58. The van der Waals surface area contributed by atoms with Crippen molar-refractivity contribution >= 4 is 35.4 Å². The number of hydrogen-bond donors (Lipinski definition) is 2. The van der Waals surface area contributed by atoms with E-state index in [1.807, 2.05) is 0 Å². The van der Waals surface area contributed by atoms with Gasteiger partial charge in [0.25, 0.3) is 0 Å². The molecule has 0 aromatic carbocycles. The number of hydrogen-bond acceptors (Lipinski definition) is 5. The lowest BCUT2D eigenvalue weighted by molar-refractivity contribution is -0.693. The average molecular weight is 382 g/mol. The van der Waals surface area contributed by atoms with E-state index in [-0.39, 0.29) is 22.2 Å². The van der Waals surface area contributed by atoms with Crippen LogP contribution in [0.4, 0.5) is 0 Å². The summed E-state index contributed by atoms with van der Waals surface area (Å²) >= 11 is 2.94. The van der Waals surface area contributed by atoms with E-state index in [4.69, 9.17) is 0 Å². The molecule has 0 radical (unpaired) electrons. The SMILES string of the molecule is CC[n+]1cc2n(c1)CCC2SC1=C(C(=O)O)N2C(=O)[C@H](C(C)O)[C@H]2S1. The second-order valence-corrected chi connectivity index (χ2v) is 9.11. The predicted octanol–water partition coefficient (Wildman–Crippen LogP) is 1.14. The first-order valence-electron chi connectivity index (χ1n) is 8.33. The standard InChI is InChI=1S/C16H19N3O4S2/c1-3-17-6-9-10(4-5-18(9)7-17)24-16-12(15(22)23)19-13(21)11(8(2)20)14(19)25-16/h6-8,10-11,14,20H,3-5H2,1-2H3/p+1/t8?,10?,11-,14+/m0/s1. The molecule has 3 aliphatic rings. The van der Waals surface area contributed by atoms with Crippen LogP contribution in [0.15, 0.2) is 22.5 Å². The monoisotopic (exact) mass is 382 g/mol. The van der Waals surface area contributed by atoms with E-state index in [0.29, 0.717) is 4.24 Å². The third kappa shape index (κ3) is 2.51. The molecule has 0 bridgehead atoms. The molecular formula is C16H20N3O4S2+. The van der Waals surface area contributed by atoms with Gasteiger partial charge >= 0.3 is 5.97 Å². The van der Waals surface area contributed by atoms with Crippen molar-refractivity contribution in [2.45, 2.75) is 50.1 Å². The van der Waals surface area contributed by atoms with Crippen LogP contribution in [0.3, 0.4) is 0 Å². The number of aryl methyl sites for hydroxylation is 2. The fraction of sp³-hybridized carbons (Fsp3) is 0.562. The molecule has 3 aliphatic heterocycles. The van der Waals surface area contributed by atoms with E-state index < -0.39 is 18.0 Å². The Morgan fingerprint density at radius 2 is 2.32 bits per heavy atom. The van der Waals surface area contributed by atoms with Gasteiger partial charge in [-0.25, -0.2) is 13.9 Å². The molecule has 4 rings (SSSR count). The minimum Gasteiger partial charge on any atom is -0.477 e. The maximum Gasteiger partial charge on any atom is 0.354 e. The van der Waals surface area contributed by atoms with E-state index in [1.54, 1.807) is 6.92 Å². The Bertz CT molecular complexity index is 788. The number of fused-ring (bicyclic) bond motifs is 2. The Hall–Kier alpha value is -1.45. The third-order valence-corrected chi connectivity index (χ3v) is 7.86. The van der Waals surface area contributed by atoms with Crippen LogP contribution >= 0.6 is 23.5 Å². The lowest BCUT2D eigenvalue weighted by Gasteiger charge is -2.43. The van der Waals surface area contributed by atoms with Crippen molar-refractivity contribution in [3.05, 3.63) is 28.2 Å². The number of thioether (sulfide) groups is 2. The van der Waals surface area contributed by atoms with E-state index >= 15 is 0 Å². The van der Waals surface area contributed by atoms with Gasteiger partial charge in [0.15, 0.2) is 11.4 Å². The fourth-order valence-corrected chi connectivity index (χ4v) is 6.92. The molecule has 1 aromatic rings. The molecule has 1 aromatic heterocycles. The lowest BCUT2D eigenvalue weighted by Crippen LogP contribution is -2.60. The van der Waals surface area contributed by atoms with Crippen molar-refractivity contribution in [2.75, 3.05) is 0 Å². The van der Waals surface area contributed by atoms with Gasteiger partial charge < -0.3 is 10.2 Å².